The molecule has 0 saturated heterocycles. The van der Waals surface area contributed by atoms with Gasteiger partial charge in [0.2, 0.25) is 0 Å². The van der Waals surface area contributed by atoms with E-state index in [9.17, 15) is 0 Å². The summed E-state index contributed by atoms with van der Waals surface area (Å²) in [6.07, 6.45) is 0.811. The molecule has 104 valence electrons. The Kier molecular flexibility index (Phi) is 3.63. The smallest absolute Gasteiger partial charge is 0.161 e. The van der Waals surface area contributed by atoms with E-state index in [0.717, 1.165) is 29.2 Å². The van der Waals surface area contributed by atoms with Gasteiger partial charge < -0.3 is 19.9 Å². The van der Waals surface area contributed by atoms with Crippen LogP contribution in [0.3, 0.4) is 0 Å². The maximum atomic E-state index is 5.71. The number of fused-ring (bicyclic) bond motifs is 1. The normalized spacial score (nSPS) is 13.0. The Balaban J connectivity index is 1.58. The van der Waals surface area contributed by atoms with E-state index >= 15 is 0 Å². The summed E-state index contributed by atoms with van der Waals surface area (Å²) in [5, 5.41) is 0. The Hall–Kier alpha value is -2.36. The molecule has 0 radical (unpaired) electrons. The number of nitrogens with two attached hydrogens (primary N) is 1. The molecular weight excluding hydrogens is 254 g/mol. The molecule has 0 amide bonds. The van der Waals surface area contributed by atoms with E-state index in [2.05, 4.69) is 0 Å². The van der Waals surface area contributed by atoms with E-state index in [-0.39, 0.29) is 0 Å². The standard InChI is InChI=1S/C16H17NO3/c17-13-2-1-3-14(11-13)18-7-6-12-4-5-15-16(10-12)20-9-8-19-15/h1-5,10-11H,6-9,17H2. The van der Waals surface area contributed by atoms with E-state index in [1.807, 2.05) is 42.5 Å². The maximum absolute atomic E-state index is 5.71. The Morgan fingerprint density at radius 1 is 1.00 bits per heavy atom. The number of anilines is 1. The molecule has 1 aliphatic rings. The van der Waals surface area contributed by atoms with Crippen molar-refractivity contribution in [1.29, 1.82) is 0 Å². The lowest BCUT2D eigenvalue weighted by molar-refractivity contribution is 0.171. The fourth-order valence-electron chi connectivity index (χ4n) is 2.13. The average Bonchev–Trinajstić information content (AvgIpc) is 2.47. The molecule has 0 aromatic heterocycles. The van der Waals surface area contributed by atoms with Crippen LogP contribution in [0, 0.1) is 0 Å². The fraction of sp³-hybridized carbons (Fsp3) is 0.250. The predicted molar refractivity (Wildman–Crippen MR) is 77.5 cm³/mol. The lowest BCUT2D eigenvalue weighted by Gasteiger charge is -2.18. The molecule has 2 N–H and O–H groups in total. The highest BCUT2D eigenvalue weighted by atomic mass is 16.6. The molecule has 0 unspecified atom stereocenters. The Bertz CT molecular complexity index is 598. The van der Waals surface area contributed by atoms with Crippen LogP contribution in [0.2, 0.25) is 0 Å². The van der Waals surface area contributed by atoms with Crippen molar-refractivity contribution in [2.24, 2.45) is 0 Å². The molecule has 0 spiro atoms. The van der Waals surface area contributed by atoms with E-state index in [4.69, 9.17) is 19.9 Å². The Labute approximate surface area is 118 Å². The average molecular weight is 271 g/mol. The van der Waals surface area contributed by atoms with Crippen LogP contribution in [0.4, 0.5) is 5.69 Å². The third-order valence-corrected chi connectivity index (χ3v) is 3.12. The van der Waals surface area contributed by atoms with Crippen LogP contribution in [-0.4, -0.2) is 19.8 Å². The topological polar surface area (TPSA) is 53.7 Å². The highest BCUT2D eigenvalue weighted by Crippen LogP contribution is 2.30. The van der Waals surface area contributed by atoms with Gasteiger partial charge in [-0.05, 0) is 29.8 Å². The second kappa shape index (κ2) is 5.74. The van der Waals surface area contributed by atoms with Gasteiger partial charge in [0.15, 0.2) is 11.5 Å². The maximum Gasteiger partial charge on any atom is 0.161 e. The first kappa shape index (κ1) is 12.7. The first-order valence-corrected chi connectivity index (χ1v) is 6.68. The quantitative estimate of drug-likeness (QED) is 0.869. The first-order valence-electron chi connectivity index (χ1n) is 6.68. The number of benzene rings is 2. The van der Waals surface area contributed by atoms with Crippen LogP contribution < -0.4 is 19.9 Å². The van der Waals surface area contributed by atoms with Crippen molar-refractivity contribution in [1.82, 2.24) is 0 Å². The SMILES string of the molecule is Nc1cccc(OCCc2ccc3c(c2)OCCO3)c1. The number of hydrogen-bond donors (Lipinski definition) is 1. The summed E-state index contributed by atoms with van der Waals surface area (Å²) in [6.45, 7) is 1.82. The number of rotatable bonds is 4. The molecule has 0 saturated carbocycles. The summed E-state index contributed by atoms with van der Waals surface area (Å²) in [4.78, 5) is 0. The van der Waals surface area contributed by atoms with Gasteiger partial charge in [0.25, 0.3) is 0 Å². The lowest BCUT2D eigenvalue weighted by atomic mass is 10.1. The Morgan fingerprint density at radius 3 is 2.70 bits per heavy atom. The molecule has 1 heterocycles. The van der Waals surface area contributed by atoms with Crippen LogP contribution in [0.15, 0.2) is 42.5 Å². The molecule has 2 aromatic carbocycles. The minimum Gasteiger partial charge on any atom is -0.493 e. The summed E-state index contributed by atoms with van der Waals surface area (Å²) in [5.41, 5.74) is 7.58. The van der Waals surface area contributed by atoms with Crippen LogP contribution in [0.25, 0.3) is 0 Å². The fourth-order valence-corrected chi connectivity index (χ4v) is 2.13. The highest BCUT2D eigenvalue weighted by molar-refractivity contribution is 5.44. The van der Waals surface area contributed by atoms with E-state index in [0.29, 0.717) is 25.5 Å². The lowest BCUT2D eigenvalue weighted by Crippen LogP contribution is -2.15. The third-order valence-electron chi connectivity index (χ3n) is 3.12. The number of hydrogen-bond acceptors (Lipinski definition) is 4. The van der Waals surface area contributed by atoms with Crippen LogP contribution in [0.1, 0.15) is 5.56 Å². The van der Waals surface area contributed by atoms with Gasteiger partial charge in [0.1, 0.15) is 19.0 Å². The van der Waals surface area contributed by atoms with Crippen molar-refractivity contribution in [2.75, 3.05) is 25.6 Å². The molecule has 4 nitrogen and oxygen atoms in total. The molecule has 2 aromatic rings. The molecule has 1 aliphatic heterocycles. The second-order valence-electron chi connectivity index (χ2n) is 4.65. The highest BCUT2D eigenvalue weighted by Gasteiger charge is 2.11. The summed E-state index contributed by atoms with van der Waals surface area (Å²) in [7, 11) is 0. The molecular formula is C16H17NO3. The largest absolute Gasteiger partial charge is 0.493 e. The van der Waals surface area contributed by atoms with Crippen molar-refractivity contribution in [3.8, 4) is 17.2 Å². The van der Waals surface area contributed by atoms with Crippen LogP contribution in [-0.2, 0) is 6.42 Å². The van der Waals surface area contributed by atoms with Crippen molar-refractivity contribution in [2.45, 2.75) is 6.42 Å². The van der Waals surface area contributed by atoms with E-state index in [1.165, 1.54) is 0 Å². The molecule has 3 rings (SSSR count). The van der Waals surface area contributed by atoms with Gasteiger partial charge in [-0.1, -0.05) is 12.1 Å². The summed E-state index contributed by atoms with van der Waals surface area (Å²) < 4.78 is 16.7. The van der Waals surface area contributed by atoms with Gasteiger partial charge in [0, 0.05) is 18.2 Å². The Morgan fingerprint density at radius 2 is 1.85 bits per heavy atom. The third kappa shape index (κ3) is 2.96. The van der Waals surface area contributed by atoms with Gasteiger partial charge in [-0.2, -0.15) is 0 Å². The van der Waals surface area contributed by atoms with Crippen molar-refractivity contribution >= 4 is 5.69 Å². The molecule has 20 heavy (non-hydrogen) atoms. The zero-order chi connectivity index (χ0) is 13.8. The van der Waals surface area contributed by atoms with Crippen LogP contribution in [0.5, 0.6) is 17.2 Å². The number of ether oxygens (including phenoxy) is 3. The van der Waals surface area contributed by atoms with Crippen molar-refractivity contribution < 1.29 is 14.2 Å². The van der Waals surface area contributed by atoms with Gasteiger partial charge in [-0.3, -0.25) is 0 Å². The monoisotopic (exact) mass is 271 g/mol. The molecule has 4 heteroatoms. The number of nitrogen functional groups attached to an aromatic ring is 1. The van der Waals surface area contributed by atoms with E-state index < -0.39 is 0 Å². The van der Waals surface area contributed by atoms with Gasteiger partial charge in [-0.15, -0.1) is 0 Å². The van der Waals surface area contributed by atoms with Gasteiger partial charge >= 0.3 is 0 Å². The molecule has 0 aliphatic carbocycles. The minimum atomic E-state index is 0.600. The summed E-state index contributed by atoms with van der Waals surface area (Å²) in [6, 6.07) is 13.4. The van der Waals surface area contributed by atoms with E-state index in [1.54, 1.807) is 0 Å². The summed E-state index contributed by atoms with van der Waals surface area (Å²) in [5.74, 6) is 2.43. The van der Waals surface area contributed by atoms with Gasteiger partial charge in [-0.25, -0.2) is 0 Å². The van der Waals surface area contributed by atoms with Gasteiger partial charge in [0.05, 0.1) is 6.61 Å². The van der Waals surface area contributed by atoms with Crippen molar-refractivity contribution in [3.05, 3.63) is 48.0 Å². The predicted octanol–water partition coefficient (Wildman–Crippen LogP) is 2.66. The molecule has 0 atom stereocenters. The first-order chi connectivity index (χ1) is 9.81. The minimum absolute atomic E-state index is 0.600. The second-order valence-corrected chi connectivity index (χ2v) is 4.65. The zero-order valence-electron chi connectivity index (χ0n) is 11.2. The molecule has 0 bridgehead atoms. The summed E-state index contributed by atoms with van der Waals surface area (Å²) >= 11 is 0. The molecule has 0 fully saturated rings. The van der Waals surface area contributed by atoms with Crippen molar-refractivity contribution in [3.63, 3.8) is 0 Å². The van der Waals surface area contributed by atoms with Crippen LogP contribution >= 0.6 is 0 Å². The zero-order valence-corrected chi connectivity index (χ0v) is 11.2.